The van der Waals surface area contributed by atoms with E-state index in [9.17, 15) is 4.79 Å². The van der Waals surface area contributed by atoms with Crippen molar-refractivity contribution in [3.63, 3.8) is 0 Å². The Morgan fingerprint density at radius 3 is 2.36 bits per heavy atom. The summed E-state index contributed by atoms with van der Waals surface area (Å²) in [5, 5.41) is 14.9. The number of aryl methyl sites for hydroxylation is 3. The minimum absolute atomic E-state index is 0.0677. The van der Waals surface area contributed by atoms with Crippen molar-refractivity contribution < 1.29 is 4.79 Å². The van der Waals surface area contributed by atoms with Crippen molar-refractivity contribution in [2.24, 2.45) is 0 Å². The molecule has 1 aromatic carbocycles. The van der Waals surface area contributed by atoms with Crippen LogP contribution in [0.25, 0.3) is 0 Å². The molecule has 2 N–H and O–H groups in total. The van der Waals surface area contributed by atoms with Crippen LogP contribution in [0.4, 0.5) is 5.69 Å². The molecule has 0 saturated carbocycles. The normalized spacial score (nSPS) is 11.2. The quantitative estimate of drug-likeness (QED) is 0.480. The van der Waals surface area contributed by atoms with Gasteiger partial charge in [0.15, 0.2) is 0 Å². The smallest absolute Gasteiger partial charge is 0.267 e. The van der Waals surface area contributed by atoms with Crippen molar-refractivity contribution in [3.05, 3.63) is 40.6 Å². The van der Waals surface area contributed by atoms with Crippen LogP contribution in [-0.2, 0) is 4.79 Å². The van der Waals surface area contributed by atoms with Gasteiger partial charge in [-0.1, -0.05) is 17.7 Å². The lowest BCUT2D eigenvalue weighted by atomic mass is 10.0. The highest BCUT2D eigenvalue weighted by atomic mass is 16.1. The van der Waals surface area contributed by atoms with Gasteiger partial charge in [-0.15, -0.1) is 0 Å². The van der Waals surface area contributed by atoms with Gasteiger partial charge in [-0.05, 0) is 46.0 Å². The number of carbonyl (C=O) groups is 1. The second-order valence-corrected chi connectivity index (χ2v) is 5.66. The molecule has 0 atom stereocenters. The summed E-state index contributed by atoms with van der Waals surface area (Å²) in [6, 6.07) is 5.95. The maximum Gasteiger partial charge on any atom is 0.267 e. The average Bonchev–Trinajstić information content (AvgIpc) is 2.42. The van der Waals surface area contributed by atoms with E-state index in [4.69, 9.17) is 5.26 Å². The van der Waals surface area contributed by atoms with Gasteiger partial charge in [0.25, 0.3) is 5.91 Å². The van der Waals surface area contributed by atoms with Gasteiger partial charge >= 0.3 is 0 Å². The fourth-order valence-electron chi connectivity index (χ4n) is 2.17. The summed E-state index contributed by atoms with van der Waals surface area (Å²) >= 11 is 0. The SMILES string of the molecule is Cc1cc(C)c(NC(=O)/C(C#N)=C\NCCN(C)C)c(C)c1. The number of likely N-dealkylation sites (N-methyl/N-ethyl adjacent to an activating group) is 1. The van der Waals surface area contributed by atoms with E-state index in [1.54, 1.807) is 0 Å². The van der Waals surface area contributed by atoms with E-state index >= 15 is 0 Å². The Hall–Kier alpha value is -2.32. The number of hydrogen-bond acceptors (Lipinski definition) is 4. The zero-order valence-electron chi connectivity index (χ0n) is 13.9. The molecule has 5 heteroatoms. The lowest BCUT2D eigenvalue weighted by molar-refractivity contribution is -0.112. The second kappa shape index (κ2) is 8.20. The Balaban J connectivity index is 2.78. The first-order chi connectivity index (χ1) is 10.3. The molecule has 0 aliphatic rings. The number of rotatable bonds is 6. The van der Waals surface area contributed by atoms with Gasteiger partial charge in [0.1, 0.15) is 11.6 Å². The average molecular weight is 300 g/mol. The highest BCUT2D eigenvalue weighted by Crippen LogP contribution is 2.22. The van der Waals surface area contributed by atoms with Crippen LogP contribution in [0.5, 0.6) is 0 Å². The molecule has 5 nitrogen and oxygen atoms in total. The van der Waals surface area contributed by atoms with E-state index in [0.29, 0.717) is 6.54 Å². The Bertz CT molecular complexity index is 589. The van der Waals surface area contributed by atoms with Crippen molar-refractivity contribution in [3.8, 4) is 6.07 Å². The maximum atomic E-state index is 12.2. The summed E-state index contributed by atoms with van der Waals surface area (Å²) in [5.41, 5.74) is 3.96. The van der Waals surface area contributed by atoms with E-state index in [2.05, 4.69) is 10.6 Å². The molecular weight excluding hydrogens is 276 g/mol. The van der Waals surface area contributed by atoms with Crippen molar-refractivity contribution in [2.75, 3.05) is 32.5 Å². The number of anilines is 1. The van der Waals surface area contributed by atoms with Gasteiger partial charge in [-0.3, -0.25) is 4.79 Å². The molecule has 118 valence electrons. The summed E-state index contributed by atoms with van der Waals surface area (Å²) < 4.78 is 0. The first-order valence-corrected chi connectivity index (χ1v) is 7.22. The number of nitrogens with zero attached hydrogens (tertiary/aromatic N) is 2. The largest absolute Gasteiger partial charge is 0.388 e. The first-order valence-electron chi connectivity index (χ1n) is 7.22. The van der Waals surface area contributed by atoms with E-state index in [1.807, 2.05) is 58.0 Å². The Morgan fingerprint density at radius 1 is 1.27 bits per heavy atom. The monoisotopic (exact) mass is 300 g/mol. The number of amides is 1. The van der Waals surface area contributed by atoms with Crippen LogP contribution < -0.4 is 10.6 Å². The van der Waals surface area contributed by atoms with E-state index in [0.717, 1.165) is 28.9 Å². The Morgan fingerprint density at radius 2 is 1.86 bits per heavy atom. The van der Waals surface area contributed by atoms with Gasteiger partial charge in [0.2, 0.25) is 0 Å². The number of hydrogen-bond donors (Lipinski definition) is 2. The summed E-state index contributed by atoms with van der Waals surface area (Å²) in [6.45, 7) is 7.41. The van der Waals surface area contributed by atoms with Crippen LogP contribution >= 0.6 is 0 Å². The molecule has 0 bridgehead atoms. The van der Waals surface area contributed by atoms with Crippen molar-refractivity contribution in [1.82, 2.24) is 10.2 Å². The van der Waals surface area contributed by atoms with Crippen LogP contribution in [0.1, 0.15) is 16.7 Å². The number of nitriles is 1. The van der Waals surface area contributed by atoms with Gasteiger partial charge < -0.3 is 15.5 Å². The van der Waals surface area contributed by atoms with Crippen LogP contribution in [-0.4, -0.2) is 38.0 Å². The Kier molecular flexibility index (Phi) is 6.61. The summed E-state index contributed by atoms with van der Waals surface area (Å²) in [6.07, 6.45) is 1.47. The van der Waals surface area contributed by atoms with Crippen LogP contribution in [0.3, 0.4) is 0 Å². The lowest BCUT2D eigenvalue weighted by Crippen LogP contribution is -2.24. The summed E-state index contributed by atoms with van der Waals surface area (Å²) in [7, 11) is 3.93. The van der Waals surface area contributed by atoms with Crippen molar-refractivity contribution in [2.45, 2.75) is 20.8 Å². The molecule has 1 aromatic rings. The van der Waals surface area contributed by atoms with E-state index in [1.165, 1.54) is 6.20 Å². The van der Waals surface area contributed by atoms with Crippen molar-refractivity contribution >= 4 is 11.6 Å². The molecule has 22 heavy (non-hydrogen) atoms. The van der Waals surface area contributed by atoms with Crippen LogP contribution in [0.15, 0.2) is 23.9 Å². The fraction of sp³-hybridized carbons (Fsp3) is 0.412. The third-order valence-corrected chi connectivity index (χ3v) is 3.23. The number of benzene rings is 1. The van der Waals surface area contributed by atoms with Crippen LogP contribution in [0.2, 0.25) is 0 Å². The second-order valence-electron chi connectivity index (χ2n) is 5.66. The fourth-order valence-corrected chi connectivity index (χ4v) is 2.17. The molecule has 0 aliphatic carbocycles. The molecular formula is C17H24N4O. The number of nitrogens with one attached hydrogen (secondary N) is 2. The molecule has 0 fully saturated rings. The molecule has 0 spiro atoms. The lowest BCUT2D eigenvalue weighted by Gasteiger charge is -2.13. The van der Waals surface area contributed by atoms with E-state index in [-0.39, 0.29) is 5.57 Å². The van der Waals surface area contributed by atoms with E-state index < -0.39 is 5.91 Å². The predicted octanol–water partition coefficient (Wildman–Crippen LogP) is 2.11. The molecule has 0 aromatic heterocycles. The molecule has 1 amide bonds. The van der Waals surface area contributed by atoms with Gasteiger partial charge in [0, 0.05) is 25.0 Å². The molecule has 0 heterocycles. The third-order valence-electron chi connectivity index (χ3n) is 3.23. The minimum Gasteiger partial charge on any atom is -0.388 e. The van der Waals surface area contributed by atoms with Gasteiger partial charge in [-0.25, -0.2) is 0 Å². The zero-order valence-corrected chi connectivity index (χ0v) is 13.9. The molecule has 0 aliphatic heterocycles. The molecule has 0 saturated heterocycles. The van der Waals surface area contributed by atoms with Gasteiger partial charge in [0.05, 0.1) is 0 Å². The minimum atomic E-state index is -0.394. The van der Waals surface area contributed by atoms with Crippen LogP contribution in [0, 0.1) is 32.1 Å². The van der Waals surface area contributed by atoms with Crippen molar-refractivity contribution in [1.29, 1.82) is 5.26 Å². The summed E-state index contributed by atoms with van der Waals surface area (Å²) in [5.74, 6) is -0.394. The topological polar surface area (TPSA) is 68.2 Å². The third kappa shape index (κ3) is 5.23. The van der Waals surface area contributed by atoms with Gasteiger partial charge in [-0.2, -0.15) is 5.26 Å². The first kappa shape index (κ1) is 17.7. The number of carbonyl (C=O) groups excluding carboxylic acids is 1. The molecule has 0 radical (unpaired) electrons. The standard InChI is InChI=1S/C17H24N4O/c1-12-8-13(2)16(14(3)9-12)20-17(22)15(10-18)11-19-6-7-21(4)5/h8-9,11,19H,6-7H2,1-5H3,(H,20,22)/b15-11-. The zero-order chi connectivity index (χ0) is 16.7. The highest BCUT2D eigenvalue weighted by Gasteiger charge is 2.12. The highest BCUT2D eigenvalue weighted by molar-refractivity contribution is 6.07. The Labute approximate surface area is 132 Å². The predicted molar refractivity (Wildman–Crippen MR) is 89.5 cm³/mol. The summed E-state index contributed by atoms with van der Waals surface area (Å²) in [4.78, 5) is 14.2. The molecule has 1 rings (SSSR count). The molecule has 0 unspecified atom stereocenters. The maximum absolute atomic E-state index is 12.2.